The van der Waals surface area contributed by atoms with E-state index in [2.05, 4.69) is 62.2 Å². The first-order chi connectivity index (χ1) is 10.5. The molecular formula is C20H22N2. The zero-order valence-electron chi connectivity index (χ0n) is 13.4. The molecule has 112 valence electrons. The molecule has 0 saturated carbocycles. The number of pyridine rings is 1. The van der Waals surface area contributed by atoms with E-state index in [-0.39, 0.29) is 5.41 Å². The summed E-state index contributed by atoms with van der Waals surface area (Å²) < 4.78 is 0. The lowest BCUT2D eigenvalue weighted by atomic mass is 9.87. The van der Waals surface area contributed by atoms with E-state index in [1.807, 2.05) is 24.4 Å². The maximum absolute atomic E-state index is 4.79. The highest BCUT2D eigenvalue weighted by molar-refractivity contribution is 5.64. The Morgan fingerprint density at radius 1 is 0.909 bits per heavy atom. The lowest BCUT2D eigenvalue weighted by Crippen LogP contribution is -2.09. The van der Waals surface area contributed by atoms with Crippen LogP contribution in [0.1, 0.15) is 26.3 Å². The van der Waals surface area contributed by atoms with E-state index >= 15 is 0 Å². The van der Waals surface area contributed by atoms with E-state index in [1.165, 1.54) is 11.1 Å². The Morgan fingerprint density at radius 2 is 1.68 bits per heavy atom. The molecule has 0 aliphatic carbocycles. The van der Waals surface area contributed by atoms with Crippen LogP contribution in [0.25, 0.3) is 22.6 Å². The first-order valence-corrected chi connectivity index (χ1v) is 7.71. The van der Waals surface area contributed by atoms with E-state index in [1.54, 1.807) is 0 Å². The van der Waals surface area contributed by atoms with Gasteiger partial charge in [-0.3, -0.25) is 0 Å². The minimum absolute atomic E-state index is 0.290. The SMILES string of the molecule is CC(C)(C)Cc1cccc(-c2cccc(-c3ccc[nH]3)n2)c1. The Kier molecular flexibility index (Phi) is 3.84. The number of benzene rings is 1. The van der Waals surface area contributed by atoms with Gasteiger partial charge in [0, 0.05) is 11.8 Å². The summed E-state index contributed by atoms with van der Waals surface area (Å²) in [6, 6.07) is 18.9. The molecule has 0 bridgehead atoms. The third-order valence-corrected chi connectivity index (χ3v) is 3.58. The van der Waals surface area contributed by atoms with Crippen molar-refractivity contribution in [1.29, 1.82) is 0 Å². The fourth-order valence-corrected chi connectivity index (χ4v) is 2.69. The van der Waals surface area contributed by atoms with Gasteiger partial charge in [-0.1, -0.05) is 45.0 Å². The van der Waals surface area contributed by atoms with E-state index in [0.29, 0.717) is 0 Å². The van der Waals surface area contributed by atoms with Gasteiger partial charge in [0.1, 0.15) is 0 Å². The number of nitrogens with one attached hydrogen (secondary N) is 1. The van der Waals surface area contributed by atoms with Crippen LogP contribution in [0.15, 0.2) is 60.8 Å². The van der Waals surface area contributed by atoms with Crippen LogP contribution in [0.3, 0.4) is 0 Å². The molecule has 0 amide bonds. The molecule has 2 aromatic heterocycles. The largest absolute Gasteiger partial charge is 0.360 e. The molecule has 2 heteroatoms. The van der Waals surface area contributed by atoms with Crippen LogP contribution in [0, 0.1) is 5.41 Å². The molecule has 3 rings (SSSR count). The van der Waals surface area contributed by atoms with E-state index in [4.69, 9.17) is 4.98 Å². The smallest absolute Gasteiger partial charge is 0.0871 e. The molecule has 0 saturated heterocycles. The lowest BCUT2D eigenvalue weighted by Gasteiger charge is -2.18. The van der Waals surface area contributed by atoms with Crippen LogP contribution in [0.4, 0.5) is 0 Å². The second-order valence-corrected chi connectivity index (χ2v) is 6.93. The summed E-state index contributed by atoms with van der Waals surface area (Å²) in [6.07, 6.45) is 2.99. The van der Waals surface area contributed by atoms with Gasteiger partial charge in [-0.2, -0.15) is 0 Å². The number of hydrogen-bond acceptors (Lipinski definition) is 1. The monoisotopic (exact) mass is 290 g/mol. The maximum Gasteiger partial charge on any atom is 0.0871 e. The fraction of sp³-hybridized carbons (Fsp3) is 0.250. The van der Waals surface area contributed by atoms with Crippen LogP contribution < -0.4 is 0 Å². The number of aromatic amines is 1. The van der Waals surface area contributed by atoms with E-state index in [9.17, 15) is 0 Å². The third kappa shape index (κ3) is 3.45. The molecule has 2 heterocycles. The maximum atomic E-state index is 4.79. The van der Waals surface area contributed by atoms with Crippen molar-refractivity contribution in [3.05, 3.63) is 66.4 Å². The van der Waals surface area contributed by atoms with Gasteiger partial charge in [-0.25, -0.2) is 4.98 Å². The van der Waals surface area contributed by atoms with Crippen LogP contribution in [-0.4, -0.2) is 9.97 Å². The lowest BCUT2D eigenvalue weighted by molar-refractivity contribution is 0.411. The zero-order valence-corrected chi connectivity index (χ0v) is 13.4. The predicted molar refractivity (Wildman–Crippen MR) is 92.6 cm³/mol. The zero-order chi connectivity index (χ0) is 15.6. The Balaban J connectivity index is 1.94. The summed E-state index contributed by atoms with van der Waals surface area (Å²) in [5.74, 6) is 0. The van der Waals surface area contributed by atoms with Crippen molar-refractivity contribution in [1.82, 2.24) is 9.97 Å². The Bertz CT molecular complexity index is 749. The van der Waals surface area contributed by atoms with Gasteiger partial charge in [-0.05, 0) is 47.7 Å². The minimum atomic E-state index is 0.290. The Morgan fingerprint density at radius 3 is 2.41 bits per heavy atom. The van der Waals surface area contributed by atoms with Crippen molar-refractivity contribution in [3.63, 3.8) is 0 Å². The molecule has 1 N–H and O–H groups in total. The first-order valence-electron chi connectivity index (χ1n) is 7.71. The van der Waals surface area contributed by atoms with Crippen molar-refractivity contribution in [2.45, 2.75) is 27.2 Å². The van der Waals surface area contributed by atoms with Gasteiger partial charge >= 0.3 is 0 Å². The van der Waals surface area contributed by atoms with Crippen molar-refractivity contribution >= 4 is 0 Å². The van der Waals surface area contributed by atoms with Gasteiger partial charge in [0.05, 0.1) is 17.1 Å². The third-order valence-electron chi connectivity index (χ3n) is 3.58. The molecule has 2 nitrogen and oxygen atoms in total. The number of nitrogens with zero attached hydrogens (tertiary/aromatic N) is 1. The molecule has 0 spiro atoms. The molecule has 22 heavy (non-hydrogen) atoms. The van der Waals surface area contributed by atoms with Crippen molar-refractivity contribution in [2.75, 3.05) is 0 Å². The van der Waals surface area contributed by atoms with Crippen LogP contribution in [0.2, 0.25) is 0 Å². The number of H-pyrrole nitrogens is 1. The number of hydrogen-bond donors (Lipinski definition) is 1. The molecule has 0 aliphatic heterocycles. The Hall–Kier alpha value is -2.35. The molecule has 0 fully saturated rings. The summed E-state index contributed by atoms with van der Waals surface area (Å²) in [7, 11) is 0. The fourth-order valence-electron chi connectivity index (χ4n) is 2.69. The molecule has 1 aromatic carbocycles. The summed E-state index contributed by atoms with van der Waals surface area (Å²) in [5, 5.41) is 0. The van der Waals surface area contributed by atoms with Crippen LogP contribution >= 0.6 is 0 Å². The molecular weight excluding hydrogens is 268 g/mol. The van der Waals surface area contributed by atoms with Crippen molar-refractivity contribution in [2.24, 2.45) is 5.41 Å². The topological polar surface area (TPSA) is 28.7 Å². The predicted octanol–water partition coefficient (Wildman–Crippen LogP) is 5.33. The summed E-state index contributed by atoms with van der Waals surface area (Å²) in [4.78, 5) is 8.00. The second kappa shape index (κ2) is 5.80. The minimum Gasteiger partial charge on any atom is -0.360 e. The summed E-state index contributed by atoms with van der Waals surface area (Å²) in [6.45, 7) is 6.80. The van der Waals surface area contributed by atoms with Gasteiger partial charge in [-0.15, -0.1) is 0 Å². The van der Waals surface area contributed by atoms with Crippen LogP contribution in [0.5, 0.6) is 0 Å². The number of rotatable bonds is 3. The van der Waals surface area contributed by atoms with E-state index in [0.717, 1.165) is 23.5 Å². The molecule has 0 aliphatic rings. The number of aromatic nitrogens is 2. The average Bonchev–Trinajstić information content (AvgIpc) is 3.00. The molecule has 3 aromatic rings. The highest BCUT2D eigenvalue weighted by Gasteiger charge is 2.12. The van der Waals surface area contributed by atoms with Crippen molar-refractivity contribution in [3.8, 4) is 22.6 Å². The molecule has 0 unspecified atom stereocenters. The van der Waals surface area contributed by atoms with Crippen LogP contribution in [-0.2, 0) is 6.42 Å². The highest BCUT2D eigenvalue weighted by atomic mass is 14.8. The highest BCUT2D eigenvalue weighted by Crippen LogP contribution is 2.25. The van der Waals surface area contributed by atoms with Crippen molar-refractivity contribution < 1.29 is 0 Å². The Labute approximate surface area is 132 Å². The molecule has 0 atom stereocenters. The molecule has 0 radical (unpaired) electrons. The van der Waals surface area contributed by atoms with Gasteiger partial charge < -0.3 is 4.98 Å². The first kappa shape index (κ1) is 14.6. The van der Waals surface area contributed by atoms with E-state index < -0.39 is 0 Å². The summed E-state index contributed by atoms with van der Waals surface area (Å²) >= 11 is 0. The second-order valence-electron chi connectivity index (χ2n) is 6.93. The van der Waals surface area contributed by atoms with Gasteiger partial charge in [0.2, 0.25) is 0 Å². The van der Waals surface area contributed by atoms with Gasteiger partial charge in [0.25, 0.3) is 0 Å². The average molecular weight is 290 g/mol. The summed E-state index contributed by atoms with van der Waals surface area (Å²) in [5.41, 5.74) is 5.87. The standard InChI is InChI=1S/C20H22N2/c1-20(2,3)14-15-7-4-8-16(13-15)17-9-5-10-19(22-17)18-11-6-12-21-18/h4-13,21H,14H2,1-3H3. The quantitative estimate of drug-likeness (QED) is 0.693. The van der Waals surface area contributed by atoms with Gasteiger partial charge in [0.15, 0.2) is 0 Å². The normalized spacial score (nSPS) is 11.6.